The van der Waals surface area contributed by atoms with Crippen molar-refractivity contribution < 1.29 is 4.79 Å². The molecule has 0 bridgehead atoms. The van der Waals surface area contributed by atoms with Crippen LogP contribution in [0.4, 0.5) is 0 Å². The quantitative estimate of drug-likeness (QED) is 0.688. The van der Waals surface area contributed by atoms with Crippen molar-refractivity contribution in [2.24, 2.45) is 11.1 Å². The predicted octanol–water partition coefficient (Wildman–Crippen LogP) is 0.182. The van der Waals surface area contributed by atoms with Crippen molar-refractivity contribution in [1.82, 2.24) is 10.2 Å². The molecule has 0 radical (unpaired) electrons. The van der Waals surface area contributed by atoms with Gasteiger partial charge in [0, 0.05) is 32.6 Å². The largest absolute Gasteiger partial charge is 0.336 e. The number of piperazine rings is 1. The lowest BCUT2D eigenvalue weighted by Crippen LogP contribution is -2.56. The van der Waals surface area contributed by atoms with Crippen molar-refractivity contribution in [3.8, 4) is 0 Å². The lowest BCUT2D eigenvalue weighted by molar-refractivity contribution is -0.136. The molecule has 1 aliphatic rings. The SMILES string of the molecule is CC(C)(C)CC(=O)N1CCNCC1CN. The molecule has 4 heteroatoms. The molecule has 15 heavy (non-hydrogen) atoms. The van der Waals surface area contributed by atoms with E-state index in [-0.39, 0.29) is 17.4 Å². The Balaban J connectivity index is 2.56. The first kappa shape index (κ1) is 12.5. The standard InChI is InChI=1S/C11H23N3O/c1-11(2,3)6-10(15)14-5-4-13-8-9(14)7-12/h9,13H,4-8,12H2,1-3H3. The summed E-state index contributed by atoms with van der Waals surface area (Å²) in [6.45, 7) is 9.30. The molecule has 1 unspecified atom stereocenters. The maximum atomic E-state index is 12.0. The van der Waals surface area contributed by atoms with Crippen LogP contribution in [0.1, 0.15) is 27.2 Å². The van der Waals surface area contributed by atoms with Gasteiger partial charge in [-0.2, -0.15) is 0 Å². The van der Waals surface area contributed by atoms with E-state index in [4.69, 9.17) is 5.73 Å². The normalized spacial score (nSPS) is 22.9. The van der Waals surface area contributed by atoms with E-state index >= 15 is 0 Å². The number of carbonyl (C=O) groups is 1. The molecule has 0 aromatic heterocycles. The smallest absolute Gasteiger partial charge is 0.223 e. The van der Waals surface area contributed by atoms with Crippen LogP contribution in [0, 0.1) is 5.41 Å². The van der Waals surface area contributed by atoms with Gasteiger partial charge in [0.15, 0.2) is 0 Å². The van der Waals surface area contributed by atoms with Crippen LogP contribution in [0.15, 0.2) is 0 Å². The Bertz CT molecular complexity index is 222. The minimum absolute atomic E-state index is 0.0567. The van der Waals surface area contributed by atoms with Crippen LogP contribution in [0.2, 0.25) is 0 Å². The van der Waals surface area contributed by atoms with E-state index in [1.54, 1.807) is 0 Å². The molecule has 4 nitrogen and oxygen atoms in total. The van der Waals surface area contributed by atoms with Gasteiger partial charge in [0.1, 0.15) is 0 Å². The highest BCUT2D eigenvalue weighted by Crippen LogP contribution is 2.20. The molecule has 1 aliphatic heterocycles. The third-order valence-electron chi connectivity index (χ3n) is 2.62. The third-order valence-corrected chi connectivity index (χ3v) is 2.62. The van der Waals surface area contributed by atoms with Gasteiger partial charge in [0.25, 0.3) is 0 Å². The second-order valence-electron chi connectivity index (χ2n) is 5.42. The van der Waals surface area contributed by atoms with Gasteiger partial charge in [-0.1, -0.05) is 20.8 Å². The summed E-state index contributed by atoms with van der Waals surface area (Å²) in [7, 11) is 0. The molecule has 1 heterocycles. The zero-order valence-corrected chi connectivity index (χ0v) is 10.0. The van der Waals surface area contributed by atoms with E-state index in [0.29, 0.717) is 13.0 Å². The molecule has 0 saturated carbocycles. The predicted molar refractivity (Wildman–Crippen MR) is 61.5 cm³/mol. The molecule has 0 aromatic carbocycles. The fourth-order valence-electron chi connectivity index (χ4n) is 1.86. The third kappa shape index (κ3) is 3.80. The number of amides is 1. The number of nitrogens with zero attached hydrogens (tertiary/aromatic N) is 1. The number of carbonyl (C=O) groups excluding carboxylic acids is 1. The van der Waals surface area contributed by atoms with E-state index in [0.717, 1.165) is 19.6 Å². The summed E-state index contributed by atoms with van der Waals surface area (Å²) in [5.74, 6) is 0.236. The van der Waals surface area contributed by atoms with Crippen LogP contribution in [-0.2, 0) is 4.79 Å². The summed E-state index contributed by atoms with van der Waals surface area (Å²) in [4.78, 5) is 14.0. The van der Waals surface area contributed by atoms with Crippen molar-refractivity contribution >= 4 is 5.91 Å². The van der Waals surface area contributed by atoms with Crippen LogP contribution in [0.3, 0.4) is 0 Å². The van der Waals surface area contributed by atoms with Gasteiger partial charge in [0.05, 0.1) is 6.04 Å². The Hall–Kier alpha value is -0.610. The van der Waals surface area contributed by atoms with Crippen LogP contribution in [0.5, 0.6) is 0 Å². The van der Waals surface area contributed by atoms with Crippen LogP contribution in [0.25, 0.3) is 0 Å². The van der Waals surface area contributed by atoms with Gasteiger partial charge >= 0.3 is 0 Å². The highest BCUT2D eigenvalue weighted by molar-refractivity contribution is 5.77. The molecule has 0 aliphatic carbocycles. The Labute approximate surface area is 92.2 Å². The zero-order chi connectivity index (χ0) is 11.5. The number of hydrogen-bond donors (Lipinski definition) is 2. The highest BCUT2D eigenvalue weighted by atomic mass is 16.2. The topological polar surface area (TPSA) is 58.4 Å². The highest BCUT2D eigenvalue weighted by Gasteiger charge is 2.27. The fourth-order valence-corrected chi connectivity index (χ4v) is 1.86. The average Bonchev–Trinajstić information content (AvgIpc) is 2.15. The van der Waals surface area contributed by atoms with E-state index < -0.39 is 0 Å². The molecule has 1 fully saturated rings. The van der Waals surface area contributed by atoms with E-state index in [1.165, 1.54) is 0 Å². The minimum atomic E-state index is 0.0567. The van der Waals surface area contributed by atoms with Crippen molar-refractivity contribution in [3.05, 3.63) is 0 Å². The molecule has 1 amide bonds. The molecule has 1 saturated heterocycles. The monoisotopic (exact) mass is 213 g/mol. The van der Waals surface area contributed by atoms with Gasteiger partial charge in [-0.3, -0.25) is 4.79 Å². The number of rotatable bonds is 2. The first-order valence-corrected chi connectivity index (χ1v) is 5.64. The molecule has 0 spiro atoms. The summed E-state index contributed by atoms with van der Waals surface area (Å²) in [5.41, 5.74) is 5.72. The Morgan fingerprint density at radius 2 is 2.20 bits per heavy atom. The van der Waals surface area contributed by atoms with Crippen molar-refractivity contribution in [2.75, 3.05) is 26.2 Å². The molecular formula is C11H23N3O. The summed E-state index contributed by atoms with van der Waals surface area (Å²) in [6, 6.07) is 0.175. The zero-order valence-electron chi connectivity index (χ0n) is 10.0. The summed E-state index contributed by atoms with van der Waals surface area (Å²) >= 11 is 0. The van der Waals surface area contributed by atoms with Crippen LogP contribution >= 0.6 is 0 Å². The van der Waals surface area contributed by atoms with Gasteiger partial charge < -0.3 is 16.0 Å². The first-order valence-electron chi connectivity index (χ1n) is 5.64. The summed E-state index contributed by atoms with van der Waals surface area (Å²) in [6.07, 6.45) is 0.601. The van der Waals surface area contributed by atoms with Crippen molar-refractivity contribution in [3.63, 3.8) is 0 Å². The molecule has 3 N–H and O–H groups in total. The van der Waals surface area contributed by atoms with E-state index in [9.17, 15) is 4.79 Å². The maximum Gasteiger partial charge on any atom is 0.223 e. The lowest BCUT2D eigenvalue weighted by atomic mass is 9.91. The molecule has 1 atom stereocenters. The van der Waals surface area contributed by atoms with Crippen molar-refractivity contribution in [1.29, 1.82) is 0 Å². The Kier molecular flexibility index (Phi) is 4.11. The van der Waals surface area contributed by atoms with Crippen LogP contribution in [-0.4, -0.2) is 43.0 Å². The van der Waals surface area contributed by atoms with Crippen LogP contribution < -0.4 is 11.1 Å². The minimum Gasteiger partial charge on any atom is -0.336 e. The second kappa shape index (κ2) is 4.94. The maximum absolute atomic E-state index is 12.0. The second-order valence-corrected chi connectivity index (χ2v) is 5.42. The molecular weight excluding hydrogens is 190 g/mol. The van der Waals surface area contributed by atoms with Crippen molar-refractivity contribution in [2.45, 2.75) is 33.2 Å². The first-order chi connectivity index (χ1) is 6.94. The Morgan fingerprint density at radius 1 is 1.53 bits per heavy atom. The van der Waals surface area contributed by atoms with Gasteiger partial charge in [-0.05, 0) is 5.41 Å². The molecule has 0 aromatic rings. The van der Waals surface area contributed by atoms with E-state index in [1.807, 2.05) is 4.90 Å². The lowest BCUT2D eigenvalue weighted by Gasteiger charge is -2.37. The number of hydrogen-bond acceptors (Lipinski definition) is 3. The van der Waals surface area contributed by atoms with Gasteiger partial charge in [0.2, 0.25) is 5.91 Å². The fraction of sp³-hybridized carbons (Fsp3) is 0.909. The number of nitrogens with one attached hydrogen (secondary N) is 1. The summed E-state index contributed by atoms with van der Waals surface area (Å²) in [5, 5.41) is 3.26. The number of nitrogens with two attached hydrogens (primary N) is 1. The van der Waals surface area contributed by atoms with Gasteiger partial charge in [-0.25, -0.2) is 0 Å². The summed E-state index contributed by atoms with van der Waals surface area (Å²) < 4.78 is 0. The average molecular weight is 213 g/mol. The molecule has 88 valence electrons. The van der Waals surface area contributed by atoms with Gasteiger partial charge in [-0.15, -0.1) is 0 Å². The molecule has 1 rings (SSSR count). The Morgan fingerprint density at radius 3 is 2.73 bits per heavy atom. The van der Waals surface area contributed by atoms with E-state index in [2.05, 4.69) is 26.1 Å².